The second kappa shape index (κ2) is 10.4. The van der Waals surface area contributed by atoms with Gasteiger partial charge in [-0.2, -0.15) is 4.39 Å². The molecule has 0 radical (unpaired) electrons. The molecule has 3 amide bonds. The largest absolute Gasteiger partial charge is 0.356 e. The Labute approximate surface area is 231 Å². The molecule has 1 aliphatic carbocycles. The first kappa shape index (κ1) is 29.0. The summed E-state index contributed by atoms with van der Waals surface area (Å²) >= 11 is 0. The zero-order valence-corrected chi connectivity index (χ0v) is 22.5. The summed E-state index contributed by atoms with van der Waals surface area (Å²) in [6, 6.07) is -1.48. The number of benzene rings is 1. The normalized spacial score (nSPS) is 26.7. The molecule has 2 aromatic rings. The van der Waals surface area contributed by atoms with Gasteiger partial charge in [0.15, 0.2) is 0 Å². The number of rotatable bonds is 7. The molecule has 1 aromatic heterocycles. The standard InChI is InChI=1S/C26H27F5N4O5S/c1-41(39,40)20(29)9-13(8-12-6-7-32-23(12)36)33-24(37)22-16-3-2-14(11-26(16,30)31)35(22)25(38)19-10-15-17(27)4-5-18(28)21(15)34-19/h4-5,9-10,12-14,16,22,34H,2-3,6-8,11H2,1H3,(H,32,36)(H,33,37)/b20-9+/t12-,13+,14-,16-,22+/m1/s1. The highest BCUT2D eigenvalue weighted by molar-refractivity contribution is 7.94. The number of hydrogen-bond acceptors (Lipinski definition) is 5. The van der Waals surface area contributed by atoms with Crippen LogP contribution in [0, 0.1) is 23.5 Å². The van der Waals surface area contributed by atoms with Crippen LogP contribution in [0.15, 0.2) is 29.4 Å². The van der Waals surface area contributed by atoms with Gasteiger partial charge >= 0.3 is 0 Å². The summed E-state index contributed by atoms with van der Waals surface area (Å²) in [4.78, 5) is 42.8. The van der Waals surface area contributed by atoms with Gasteiger partial charge in [-0.25, -0.2) is 26.0 Å². The van der Waals surface area contributed by atoms with Gasteiger partial charge in [0.2, 0.25) is 26.8 Å². The Kier molecular flexibility index (Phi) is 7.37. The first-order valence-corrected chi connectivity index (χ1v) is 14.9. The topological polar surface area (TPSA) is 128 Å². The summed E-state index contributed by atoms with van der Waals surface area (Å²) in [5.74, 6) is -9.77. The predicted molar refractivity (Wildman–Crippen MR) is 136 cm³/mol. The molecule has 0 unspecified atom stereocenters. The molecular formula is C26H27F5N4O5S. The van der Waals surface area contributed by atoms with E-state index in [4.69, 9.17) is 0 Å². The van der Waals surface area contributed by atoms with Crippen molar-refractivity contribution < 1.29 is 44.8 Å². The van der Waals surface area contributed by atoms with Gasteiger partial charge < -0.3 is 20.5 Å². The number of carbonyl (C=O) groups excluding carboxylic acids is 3. The highest BCUT2D eigenvalue weighted by Crippen LogP contribution is 2.49. The molecule has 2 bridgehead atoms. The van der Waals surface area contributed by atoms with Gasteiger partial charge in [-0.1, -0.05) is 0 Å². The number of hydrogen-bond donors (Lipinski definition) is 3. The number of nitrogens with zero attached hydrogens (tertiary/aromatic N) is 1. The monoisotopic (exact) mass is 602 g/mol. The van der Waals surface area contributed by atoms with E-state index in [9.17, 15) is 36.0 Å². The molecule has 6 rings (SSSR count). The fourth-order valence-corrected chi connectivity index (χ4v) is 6.51. The van der Waals surface area contributed by atoms with Crippen LogP contribution in [-0.4, -0.2) is 72.9 Å². The first-order valence-electron chi connectivity index (χ1n) is 13.0. The molecule has 5 atom stereocenters. The number of piperidine rings is 2. The van der Waals surface area contributed by atoms with Crippen molar-refractivity contribution in [1.29, 1.82) is 0 Å². The summed E-state index contributed by atoms with van der Waals surface area (Å²) in [6.45, 7) is 0.314. The fraction of sp³-hybridized carbons (Fsp3) is 0.500. The Balaban J connectivity index is 1.49. The molecule has 222 valence electrons. The smallest absolute Gasteiger partial charge is 0.271 e. The lowest BCUT2D eigenvalue weighted by atomic mass is 9.71. The Morgan fingerprint density at radius 1 is 1.20 bits per heavy atom. The van der Waals surface area contributed by atoms with E-state index in [0.717, 1.165) is 23.1 Å². The number of fused-ring (bicyclic) bond motifs is 4. The molecule has 0 spiro atoms. The molecule has 3 saturated heterocycles. The van der Waals surface area contributed by atoms with Crippen LogP contribution < -0.4 is 10.6 Å². The molecule has 9 nitrogen and oxygen atoms in total. The van der Waals surface area contributed by atoms with Gasteiger partial charge in [0, 0.05) is 36.6 Å². The van der Waals surface area contributed by atoms with Crippen molar-refractivity contribution in [3.63, 3.8) is 0 Å². The molecule has 1 aromatic carbocycles. The van der Waals surface area contributed by atoms with Crippen molar-refractivity contribution >= 4 is 38.5 Å². The number of alkyl halides is 2. The van der Waals surface area contributed by atoms with Gasteiger partial charge in [-0.3, -0.25) is 14.4 Å². The molecule has 1 saturated carbocycles. The molecule has 4 aliphatic rings. The van der Waals surface area contributed by atoms with Crippen LogP contribution in [0.2, 0.25) is 0 Å². The van der Waals surface area contributed by atoms with Gasteiger partial charge in [0.25, 0.3) is 11.8 Å². The van der Waals surface area contributed by atoms with E-state index in [2.05, 4.69) is 15.6 Å². The molecular weight excluding hydrogens is 575 g/mol. The van der Waals surface area contributed by atoms with E-state index in [1.54, 1.807) is 0 Å². The summed E-state index contributed by atoms with van der Waals surface area (Å²) in [7, 11) is -4.32. The Morgan fingerprint density at radius 2 is 1.90 bits per heavy atom. The van der Waals surface area contributed by atoms with Crippen molar-refractivity contribution in [1.82, 2.24) is 20.5 Å². The van der Waals surface area contributed by atoms with Gasteiger partial charge in [-0.15, -0.1) is 0 Å². The zero-order chi connectivity index (χ0) is 29.9. The van der Waals surface area contributed by atoms with E-state index in [-0.39, 0.29) is 35.9 Å². The van der Waals surface area contributed by atoms with Gasteiger partial charge in [0.1, 0.15) is 23.4 Å². The van der Waals surface area contributed by atoms with Crippen molar-refractivity contribution in [2.24, 2.45) is 11.8 Å². The van der Waals surface area contributed by atoms with Crippen LogP contribution in [0.4, 0.5) is 22.0 Å². The maximum absolute atomic E-state index is 15.1. The molecule has 4 heterocycles. The maximum atomic E-state index is 15.1. The lowest BCUT2D eigenvalue weighted by Crippen LogP contribution is -2.68. The minimum atomic E-state index is -4.32. The predicted octanol–water partition coefficient (Wildman–Crippen LogP) is 2.94. The summed E-state index contributed by atoms with van der Waals surface area (Å²) in [5.41, 5.74) is -0.627. The summed E-state index contributed by atoms with van der Waals surface area (Å²) < 4.78 is 96.6. The number of carbonyl (C=O) groups is 3. The van der Waals surface area contributed by atoms with E-state index < -0.39 is 86.7 Å². The molecule has 3 aliphatic heterocycles. The Morgan fingerprint density at radius 3 is 2.51 bits per heavy atom. The first-order chi connectivity index (χ1) is 19.2. The quantitative estimate of drug-likeness (QED) is 0.420. The minimum Gasteiger partial charge on any atom is -0.356 e. The second-order valence-electron chi connectivity index (χ2n) is 10.8. The van der Waals surface area contributed by atoms with Crippen molar-refractivity contribution in [2.45, 2.75) is 56.2 Å². The number of H-pyrrole nitrogens is 1. The average Bonchev–Trinajstić information content (AvgIpc) is 3.52. The Hall–Kier alpha value is -3.49. The number of aromatic nitrogens is 1. The van der Waals surface area contributed by atoms with Gasteiger partial charge in [-0.05, 0) is 50.0 Å². The van der Waals surface area contributed by atoms with E-state index >= 15 is 8.78 Å². The molecule has 15 heteroatoms. The van der Waals surface area contributed by atoms with Crippen molar-refractivity contribution in [3.05, 3.63) is 46.8 Å². The highest BCUT2D eigenvalue weighted by atomic mass is 32.2. The molecule has 3 N–H and O–H groups in total. The third kappa shape index (κ3) is 5.43. The van der Waals surface area contributed by atoms with E-state index in [1.807, 2.05) is 0 Å². The van der Waals surface area contributed by atoms with Crippen LogP contribution in [0.5, 0.6) is 0 Å². The van der Waals surface area contributed by atoms with E-state index in [1.165, 1.54) is 0 Å². The summed E-state index contributed by atoms with van der Waals surface area (Å²) in [6.07, 6.45) is 0.618. The van der Waals surface area contributed by atoms with Crippen LogP contribution in [-0.2, 0) is 19.4 Å². The van der Waals surface area contributed by atoms with Crippen LogP contribution in [0.25, 0.3) is 10.9 Å². The van der Waals surface area contributed by atoms with Crippen molar-refractivity contribution in [3.8, 4) is 0 Å². The molecule has 41 heavy (non-hydrogen) atoms. The van der Waals surface area contributed by atoms with Crippen LogP contribution in [0.3, 0.4) is 0 Å². The van der Waals surface area contributed by atoms with Crippen LogP contribution >= 0.6 is 0 Å². The maximum Gasteiger partial charge on any atom is 0.271 e. The zero-order valence-electron chi connectivity index (χ0n) is 21.7. The summed E-state index contributed by atoms with van der Waals surface area (Å²) in [5, 5.41) is 3.14. The fourth-order valence-electron chi connectivity index (χ4n) is 6.10. The number of halogens is 5. The highest BCUT2D eigenvalue weighted by Gasteiger charge is 2.60. The second-order valence-corrected chi connectivity index (χ2v) is 12.8. The van der Waals surface area contributed by atoms with Crippen LogP contribution in [0.1, 0.15) is 42.6 Å². The number of amides is 3. The number of nitrogens with one attached hydrogen (secondary N) is 3. The van der Waals surface area contributed by atoms with Crippen molar-refractivity contribution in [2.75, 3.05) is 12.8 Å². The van der Waals surface area contributed by atoms with Gasteiger partial charge in [0.05, 0.1) is 17.5 Å². The average molecular weight is 603 g/mol. The Bertz CT molecular complexity index is 1520. The van der Waals surface area contributed by atoms with E-state index in [0.29, 0.717) is 25.3 Å². The molecule has 4 fully saturated rings. The third-order valence-corrected chi connectivity index (χ3v) is 8.92. The lowest BCUT2D eigenvalue weighted by molar-refractivity contribution is -0.179. The third-order valence-electron chi connectivity index (χ3n) is 8.07. The lowest BCUT2D eigenvalue weighted by Gasteiger charge is -2.53. The number of aromatic amines is 1. The number of sulfone groups is 1. The minimum absolute atomic E-state index is 0.112. The SMILES string of the molecule is CS(=O)(=O)/C(F)=C/[C@H](C[C@H]1CCNC1=O)NC(=O)[C@@H]1[C@H]2CC[C@H](CC2(F)F)N1C(=O)c1cc2c(F)ccc(F)c2[nH]1.